The number of allylic oxidation sites excluding steroid dienone is 1. The first-order chi connectivity index (χ1) is 16.7. The standard InChI is InChI=1S/C31H23BN2/c1-4-28-33(3)26-14-8-13-25-31(26)34(28)27-16-18(2)15-23-22-17-19-9-5-6-10-20(19)21-11-7-12-24(29(21)22)32(25)30(23)27/h4-17H,1-3H3/b28-4+. The number of benzene rings is 5. The predicted molar refractivity (Wildman–Crippen MR) is 147 cm³/mol. The molecule has 3 heterocycles. The van der Waals surface area contributed by atoms with Crippen molar-refractivity contribution in [3.8, 4) is 11.1 Å². The monoisotopic (exact) mass is 434 g/mol. The molecule has 5 aromatic rings. The van der Waals surface area contributed by atoms with Crippen LogP contribution in [-0.2, 0) is 0 Å². The average Bonchev–Trinajstić information content (AvgIpc) is 3.16. The van der Waals surface area contributed by atoms with Crippen molar-refractivity contribution in [2.45, 2.75) is 13.8 Å². The summed E-state index contributed by atoms with van der Waals surface area (Å²) in [5.74, 6) is 1.23. The van der Waals surface area contributed by atoms with Crippen LogP contribution in [0.2, 0.25) is 0 Å². The molecule has 0 radical (unpaired) electrons. The Morgan fingerprint density at radius 1 is 0.765 bits per heavy atom. The normalized spacial score (nSPS) is 16.0. The molecule has 2 nitrogen and oxygen atoms in total. The molecule has 0 amide bonds. The van der Waals surface area contributed by atoms with Crippen molar-refractivity contribution in [3.05, 3.63) is 96.3 Å². The fourth-order valence-corrected chi connectivity index (χ4v) is 6.86. The summed E-state index contributed by atoms with van der Waals surface area (Å²) in [5.41, 5.74) is 12.3. The third kappa shape index (κ3) is 2.01. The molecule has 8 rings (SSSR count). The Morgan fingerprint density at radius 2 is 1.56 bits per heavy atom. The van der Waals surface area contributed by atoms with Crippen LogP contribution in [0.5, 0.6) is 0 Å². The molecule has 34 heavy (non-hydrogen) atoms. The summed E-state index contributed by atoms with van der Waals surface area (Å²) in [7, 11) is 2.19. The lowest BCUT2D eigenvalue weighted by molar-refractivity contribution is 1.08. The molecule has 0 unspecified atom stereocenters. The van der Waals surface area contributed by atoms with Gasteiger partial charge in [0.05, 0.1) is 11.4 Å². The summed E-state index contributed by atoms with van der Waals surface area (Å²) in [6, 6.07) is 29.8. The molecular formula is C31H23BN2. The quantitative estimate of drug-likeness (QED) is 0.228. The fourth-order valence-electron chi connectivity index (χ4n) is 6.86. The highest BCUT2D eigenvalue weighted by atomic mass is 15.4. The van der Waals surface area contributed by atoms with Crippen LogP contribution in [0.4, 0.5) is 17.1 Å². The first-order valence-corrected chi connectivity index (χ1v) is 12.1. The van der Waals surface area contributed by atoms with E-state index < -0.39 is 0 Å². The second kappa shape index (κ2) is 6.12. The SMILES string of the molecule is C/C=C1\N(C)c2cccc3c2N1c1cc(C)cc2c1B3c1cccc3c1c-2cc1ccccc13. The molecule has 0 spiro atoms. The molecule has 160 valence electrons. The van der Waals surface area contributed by atoms with Gasteiger partial charge in [-0.05, 0) is 87.3 Å². The molecule has 0 atom stereocenters. The summed E-state index contributed by atoms with van der Waals surface area (Å²) < 4.78 is 0. The Balaban J connectivity index is 1.61. The van der Waals surface area contributed by atoms with E-state index in [2.05, 4.69) is 116 Å². The highest BCUT2D eigenvalue weighted by molar-refractivity contribution is 7.01. The van der Waals surface area contributed by atoms with Crippen LogP contribution in [-0.4, -0.2) is 13.8 Å². The molecule has 0 fully saturated rings. The van der Waals surface area contributed by atoms with Crippen molar-refractivity contribution < 1.29 is 0 Å². The van der Waals surface area contributed by atoms with E-state index in [9.17, 15) is 0 Å². The molecule has 0 N–H and O–H groups in total. The van der Waals surface area contributed by atoms with Crippen LogP contribution in [0.15, 0.2) is 90.8 Å². The van der Waals surface area contributed by atoms with Gasteiger partial charge in [-0.15, -0.1) is 0 Å². The minimum absolute atomic E-state index is 0.235. The maximum absolute atomic E-state index is 2.50. The predicted octanol–water partition coefficient (Wildman–Crippen LogP) is 5.56. The largest absolute Gasteiger partial charge is 0.329 e. The lowest BCUT2D eigenvalue weighted by Crippen LogP contribution is -2.59. The van der Waals surface area contributed by atoms with Crippen molar-refractivity contribution in [2.75, 3.05) is 16.8 Å². The highest BCUT2D eigenvalue weighted by Crippen LogP contribution is 2.48. The minimum Gasteiger partial charge on any atom is -0.329 e. The molecule has 3 aliphatic rings. The first-order valence-electron chi connectivity index (χ1n) is 12.1. The lowest BCUT2D eigenvalue weighted by atomic mass is 9.32. The molecule has 0 aliphatic carbocycles. The van der Waals surface area contributed by atoms with Crippen molar-refractivity contribution in [1.82, 2.24) is 0 Å². The van der Waals surface area contributed by atoms with Crippen molar-refractivity contribution in [3.63, 3.8) is 0 Å². The molecule has 0 bridgehead atoms. The number of anilines is 3. The smallest absolute Gasteiger partial charge is 0.248 e. The maximum Gasteiger partial charge on any atom is 0.248 e. The van der Waals surface area contributed by atoms with Crippen LogP contribution in [0.1, 0.15) is 12.5 Å². The number of hydrogen-bond acceptors (Lipinski definition) is 2. The van der Waals surface area contributed by atoms with E-state index in [1.165, 1.54) is 77.5 Å². The number of aryl methyl sites for hydroxylation is 1. The van der Waals surface area contributed by atoms with Gasteiger partial charge in [0.1, 0.15) is 5.82 Å². The van der Waals surface area contributed by atoms with E-state index >= 15 is 0 Å². The van der Waals surface area contributed by atoms with Gasteiger partial charge in [0.15, 0.2) is 0 Å². The Labute approximate surface area is 199 Å². The second-order valence-corrected chi connectivity index (χ2v) is 9.85. The fraction of sp³-hybridized carbons (Fsp3) is 0.0968. The first kappa shape index (κ1) is 18.5. The van der Waals surface area contributed by atoms with Gasteiger partial charge >= 0.3 is 0 Å². The number of fused-ring (bicyclic) bond motifs is 6. The van der Waals surface area contributed by atoms with Gasteiger partial charge in [-0.3, -0.25) is 4.90 Å². The zero-order chi connectivity index (χ0) is 22.7. The van der Waals surface area contributed by atoms with Gasteiger partial charge in [0.2, 0.25) is 6.71 Å². The minimum atomic E-state index is 0.235. The van der Waals surface area contributed by atoms with Gasteiger partial charge in [-0.25, -0.2) is 0 Å². The van der Waals surface area contributed by atoms with Crippen LogP contribution in [0.3, 0.4) is 0 Å². The van der Waals surface area contributed by atoms with E-state index in [-0.39, 0.29) is 6.71 Å². The van der Waals surface area contributed by atoms with Crippen LogP contribution in [0.25, 0.3) is 32.7 Å². The summed E-state index contributed by atoms with van der Waals surface area (Å²) in [4.78, 5) is 4.84. The molecular weight excluding hydrogens is 411 g/mol. The molecule has 5 aromatic carbocycles. The topological polar surface area (TPSA) is 6.48 Å². The van der Waals surface area contributed by atoms with Gasteiger partial charge in [0.25, 0.3) is 0 Å². The number of rotatable bonds is 0. The average molecular weight is 434 g/mol. The number of para-hydroxylation sites is 1. The van der Waals surface area contributed by atoms with E-state index in [0.717, 1.165) is 0 Å². The third-order valence-corrected chi connectivity index (χ3v) is 8.12. The highest BCUT2D eigenvalue weighted by Gasteiger charge is 2.45. The third-order valence-electron chi connectivity index (χ3n) is 8.12. The van der Waals surface area contributed by atoms with Crippen molar-refractivity contribution in [1.29, 1.82) is 0 Å². The maximum atomic E-state index is 2.50. The van der Waals surface area contributed by atoms with Crippen LogP contribution < -0.4 is 26.2 Å². The van der Waals surface area contributed by atoms with E-state index in [0.29, 0.717) is 0 Å². The molecule has 3 heteroatoms. The lowest BCUT2D eigenvalue weighted by Gasteiger charge is -2.38. The van der Waals surface area contributed by atoms with Crippen LogP contribution in [0, 0.1) is 6.92 Å². The molecule has 0 saturated carbocycles. The van der Waals surface area contributed by atoms with E-state index in [4.69, 9.17) is 0 Å². The van der Waals surface area contributed by atoms with E-state index in [1.54, 1.807) is 0 Å². The van der Waals surface area contributed by atoms with Crippen molar-refractivity contribution >= 4 is 61.7 Å². The number of nitrogens with zero attached hydrogens (tertiary/aromatic N) is 2. The Kier molecular flexibility index (Phi) is 3.32. The van der Waals surface area contributed by atoms with E-state index in [1.807, 2.05) is 0 Å². The molecule has 0 saturated heterocycles. The Bertz CT molecular complexity index is 1760. The summed E-state index contributed by atoms with van der Waals surface area (Å²) in [6.45, 7) is 4.62. The van der Waals surface area contributed by atoms with Gasteiger partial charge < -0.3 is 4.90 Å². The van der Waals surface area contributed by atoms with Crippen molar-refractivity contribution in [2.24, 2.45) is 0 Å². The molecule has 0 aromatic heterocycles. The number of hydrogen-bond donors (Lipinski definition) is 0. The van der Waals surface area contributed by atoms with Crippen LogP contribution >= 0.6 is 0 Å². The summed E-state index contributed by atoms with van der Waals surface area (Å²) >= 11 is 0. The zero-order valence-electron chi connectivity index (χ0n) is 19.6. The van der Waals surface area contributed by atoms with Gasteiger partial charge in [0, 0.05) is 12.7 Å². The van der Waals surface area contributed by atoms with Gasteiger partial charge in [-0.2, -0.15) is 0 Å². The van der Waals surface area contributed by atoms with Gasteiger partial charge in [-0.1, -0.05) is 66.1 Å². The summed E-state index contributed by atoms with van der Waals surface area (Å²) in [6.07, 6.45) is 2.24. The Morgan fingerprint density at radius 3 is 2.44 bits per heavy atom. The molecule has 3 aliphatic heterocycles. The Hall–Kier alpha value is -3.98. The summed E-state index contributed by atoms with van der Waals surface area (Å²) in [5, 5.41) is 5.43. The zero-order valence-corrected chi connectivity index (χ0v) is 19.6. The second-order valence-electron chi connectivity index (χ2n) is 9.85.